The van der Waals surface area contributed by atoms with Crippen molar-refractivity contribution in [1.82, 2.24) is 4.90 Å². The Hall–Kier alpha value is -4.38. The lowest BCUT2D eigenvalue weighted by Crippen LogP contribution is -2.40. The van der Waals surface area contributed by atoms with Gasteiger partial charge in [-0.3, -0.25) is 4.90 Å². The van der Waals surface area contributed by atoms with Gasteiger partial charge >= 0.3 is 0 Å². The lowest BCUT2D eigenvalue weighted by atomic mass is 9.61. The molecule has 196 valence electrons. The third-order valence-corrected chi connectivity index (χ3v) is 8.90. The van der Waals surface area contributed by atoms with Crippen LogP contribution in [0, 0.1) is 13.8 Å². The summed E-state index contributed by atoms with van der Waals surface area (Å²) in [6.07, 6.45) is -0.561. The number of aliphatic hydroxyl groups is 1. The smallest absolute Gasteiger partial charge is 0.133 e. The van der Waals surface area contributed by atoms with Crippen LogP contribution < -0.4 is 9.64 Å². The summed E-state index contributed by atoms with van der Waals surface area (Å²) in [7, 11) is 1.96. The van der Waals surface area contributed by atoms with Crippen molar-refractivity contribution < 1.29 is 9.84 Å². The Balaban J connectivity index is 1.49. The van der Waals surface area contributed by atoms with Crippen LogP contribution in [0.4, 0.5) is 17.1 Å². The van der Waals surface area contributed by atoms with Crippen LogP contribution in [0.15, 0.2) is 103 Å². The zero-order valence-corrected chi connectivity index (χ0v) is 22.8. The van der Waals surface area contributed by atoms with Gasteiger partial charge in [0.1, 0.15) is 17.7 Å². The van der Waals surface area contributed by atoms with Crippen LogP contribution in [0.1, 0.15) is 50.7 Å². The van der Waals surface area contributed by atoms with Gasteiger partial charge in [0.25, 0.3) is 0 Å². The first-order chi connectivity index (χ1) is 19.5. The largest absolute Gasteiger partial charge is 0.457 e. The van der Waals surface area contributed by atoms with Crippen molar-refractivity contribution in [3.8, 4) is 11.5 Å². The first-order valence-corrected chi connectivity index (χ1v) is 13.9. The second-order valence-corrected chi connectivity index (χ2v) is 11.4. The molecule has 4 heteroatoms. The minimum absolute atomic E-state index is 0.544. The standard InChI is InChI=1S/C36H30N2O2/c1-22-12-16-31-29(18-22)36(27-8-4-6-10-33(27)40-34-11-7-5-9-28(34)36)30-19-23(2)13-17-32(30)38(31)25-14-15-26-24(20-25)21-37(3)35(26)39/h4-20,35,39H,21H2,1-3H3. The van der Waals surface area contributed by atoms with E-state index in [1.807, 2.05) is 11.9 Å². The molecule has 3 aliphatic heterocycles. The lowest BCUT2D eigenvalue weighted by Gasteiger charge is -2.49. The summed E-state index contributed by atoms with van der Waals surface area (Å²) in [5.74, 6) is 1.79. The maximum Gasteiger partial charge on any atom is 0.133 e. The number of anilines is 3. The average Bonchev–Trinajstić information content (AvgIpc) is 3.25. The maximum absolute atomic E-state index is 10.7. The van der Waals surface area contributed by atoms with Crippen molar-refractivity contribution >= 4 is 17.1 Å². The lowest BCUT2D eigenvalue weighted by molar-refractivity contribution is 0.0337. The molecule has 0 saturated carbocycles. The second-order valence-electron chi connectivity index (χ2n) is 11.4. The monoisotopic (exact) mass is 522 g/mol. The molecule has 0 bridgehead atoms. The van der Waals surface area contributed by atoms with E-state index in [9.17, 15) is 5.11 Å². The molecule has 5 aromatic carbocycles. The maximum atomic E-state index is 10.7. The van der Waals surface area contributed by atoms with E-state index in [1.54, 1.807) is 0 Å². The molecule has 1 N–H and O–H groups in total. The molecular formula is C36H30N2O2. The summed E-state index contributed by atoms with van der Waals surface area (Å²) in [6, 6.07) is 37.2. The van der Waals surface area contributed by atoms with E-state index in [-0.39, 0.29) is 0 Å². The highest BCUT2D eigenvalue weighted by Crippen LogP contribution is 2.63. The molecule has 0 aliphatic carbocycles. The first kappa shape index (κ1) is 23.5. The first-order valence-electron chi connectivity index (χ1n) is 13.9. The van der Waals surface area contributed by atoms with Crippen molar-refractivity contribution in [2.45, 2.75) is 32.0 Å². The highest BCUT2D eigenvalue weighted by atomic mass is 16.5. The molecule has 0 fully saturated rings. The fourth-order valence-electron chi connectivity index (χ4n) is 7.13. The molecule has 3 aliphatic rings. The van der Waals surface area contributed by atoms with Gasteiger partial charge in [0.2, 0.25) is 0 Å². The van der Waals surface area contributed by atoms with Gasteiger partial charge in [-0.25, -0.2) is 0 Å². The van der Waals surface area contributed by atoms with Crippen molar-refractivity contribution in [3.63, 3.8) is 0 Å². The van der Waals surface area contributed by atoms with E-state index in [0.717, 1.165) is 57.4 Å². The van der Waals surface area contributed by atoms with Gasteiger partial charge in [-0.15, -0.1) is 0 Å². The van der Waals surface area contributed by atoms with Crippen molar-refractivity contribution in [3.05, 3.63) is 148 Å². The van der Waals surface area contributed by atoms with Gasteiger partial charge in [-0.1, -0.05) is 77.9 Å². The van der Waals surface area contributed by atoms with Gasteiger partial charge in [0.05, 0.1) is 16.8 Å². The molecule has 0 saturated heterocycles. The second kappa shape index (κ2) is 8.31. The summed E-state index contributed by atoms with van der Waals surface area (Å²) < 4.78 is 6.54. The van der Waals surface area contributed by atoms with Crippen LogP contribution >= 0.6 is 0 Å². The summed E-state index contributed by atoms with van der Waals surface area (Å²) >= 11 is 0. The average molecular weight is 523 g/mol. The number of hydrogen-bond donors (Lipinski definition) is 1. The van der Waals surface area contributed by atoms with Crippen LogP contribution in [-0.2, 0) is 12.0 Å². The van der Waals surface area contributed by atoms with Crippen LogP contribution in [-0.4, -0.2) is 17.1 Å². The zero-order chi connectivity index (χ0) is 27.2. The highest BCUT2D eigenvalue weighted by Gasteiger charge is 2.51. The Kier molecular flexibility index (Phi) is 4.88. The topological polar surface area (TPSA) is 35.9 Å². The fraction of sp³-hybridized carbons (Fsp3) is 0.167. The fourth-order valence-corrected chi connectivity index (χ4v) is 7.13. The van der Waals surface area contributed by atoms with Crippen molar-refractivity contribution in [2.75, 3.05) is 11.9 Å². The number of rotatable bonds is 1. The Morgan fingerprint density at radius 1 is 0.700 bits per heavy atom. The van der Waals surface area contributed by atoms with Gasteiger partial charge in [-0.2, -0.15) is 0 Å². The number of ether oxygens (including phenoxy) is 1. The Morgan fingerprint density at radius 2 is 1.27 bits per heavy atom. The van der Waals surface area contributed by atoms with Gasteiger partial charge < -0.3 is 14.7 Å². The summed E-state index contributed by atoms with van der Waals surface area (Å²) in [6.45, 7) is 5.07. The van der Waals surface area contributed by atoms with Gasteiger partial charge in [0, 0.05) is 23.4 Å². The molecular weight excluding hydrogens is 492 g/mol. The Labute approximate surface area is 234 Å². The van der Waals surface area contributed by atoms with E-state index < -0.39 is 11.6 Å². The normalized spacial score (nSPS) is 17.9. The molecule has 5 aromatic rings. The van der Waals surface area contributed by atoms with E-state index in [1.165, 1.54) is 22.3 Å². The third-order valence-electron chi connectivity index (χ3n) is 8.90. The number of fused-ring (bicyclic) bond motifs is 9. The van der Waals surface area contributed by atoms with Crippen LogP contribution in [0.3, 0.4) is 0 Å². The number of aliphatic hydroxyl groups excluding tert-OH is 1. The summed E-state index contributed by atoms with van der Waals surface area (Å²) in [5.41, 5.74) is 12.2. The number of hydrogen-bond acceptors (Lipinski definition) is 4. The van der Waals surface area contributed by atoms with Crippen LogP contribution in [0.2, 0.25) is 0 Å². The summed E-state index contributed by atoms with van der Waals surface area (Å²) in [4.78, 5) is 4.38. The predicted molar refractivity (Wildman–Crippen MR) is 159 cm³/mol. The molecule has 40 heavy (non-hydrogen) atoms. The van der Waals surface area contributed by atoms with E-state index in [0.29, 0.717) is 0 Å². The minimum atomic E-state index is -0.561. The molecule has 1 spiro atoms. The van der Waals surface area contributed by atoms with Crippen molar-refractivity contribution in [1.29, 1.82) is 0 Å². The van der Waals surface area contributed by atoms with E-state index in [2.05, 4.69) is 122 Å². The molecule has 0 amide bonds. The van der Waals surface area contributed by atoms with Gasteiger partial charge in [0.15, 0.2) is 0 Å². The Morgan fingerprint density at radius 3 is 1.88 bits per heavy atom. The Bertz CT molecular complexity index is 1740. The molecule has 4 nitrogen and oxygen atoms in total. The van der Waals surface area contributed by atoms with Crippen LogP contribution in [0.5, 0.6) is 11.5 Å². The molecule has 1 atom stereocenters. The number of benzene rings is 5. The molecule has 0 aromatic heterocycles. The predicted octanol–water partition coefficient (Wildman–Crippen LogP) is 8.01. The van der Waals surface area contributed by atoms with E-state index in [4.69, 9.17) is 4.74 Å². The SMILES string of the molecule is Cc1ccc2c(c1)C1(c3ccccc3Oc3ccccc31)c1cc(C)ccc1N2c1ccc2c(c1)CN(C)C2O. The number of nitrogens with zero attached hydrogens (tertiary/aromatic N) is 2. The third kappa shape index (κ3) is 3.03. The summed E-state index contributed by atoms with van der Waals surface area (Å²) in [5, 5.41) is 10.7. The van der Waals surface area contributed by atoms with Crippen LogP contribution in [0.25, 0.3) is 0 Å². The minimum Gasteiger partial charge on any atom is -0.457 e. The number of aryl methyl sites for hydroxylation is 2. The number of para-hydroxylation sites is 2. The molecule has 3 heterocycles. The van der Waals surface area contributed by atoms with Crippen molar-refractivity contribution in [2.24, 2.45) is 0 Å². The zero-order valence-electron chi connectivity index (χ0n) is 22.8. The molecule has 8 rings (SSSR count). The highest BCUT2D eigenvalue weighted by molar-refractivity contribution is 5.91. The van der Waals surface area contributed by atoms with Gasteiger partial charge in [-0.05, 0) is 79.5 Å². The quantitative estimate of drug-likeness (QED) is 0.237. The van der Waals surface area contributed by atoms with E-state index >= 15 is 0 Å². The molecule has 1 unspecified atom stereocenters. The molecule has 0 radical (unpaired) electrons.